The zero-order valence-electron chi connectivity index (χ0n) is 12.7. The third kappa shape index (κ3) is 4.35. The number of likely N-dealkylation sites (N-methyl/N-ethyl adjacent to an activating group) is 1. The molecule has 0 radical (unpaired) electrons. The maximum Gasteiger partial charge on any atom is 0.138 e. The minimum atomic E-state index is -0.462. The Morgan fingerprint density at radius 3 is 2.86 bits per heavy atom. The van der Waals surface area contributed by atoms with Crippen LogP contribution in [0.3, 0.4) is 0 Å². The molecule has 0 amide bonds. The monoisotopic (exact) mass is 290 g/mol. The fraction of sp³-hybridized carbons (Fsp3) is 0.467. The lowest BCUT2D eigenvalue weighted by Crippen LogP contribution is -2.31. The van der Waals surface area contributed by atoms with Crippen molar-refractivity contribution in [3.05, 3.63) is 42.0 Å². The van der Waals surface area contributed by atoms with E-state index in [-0.39, 0.29) is 0 Å². The molecule has 21 heavy (non-hydrogen) atoms. The first-order valence-corrected chi connectivity index (χ1v) is 6.90. The number of benzene rings is 1. The molecule has 6 heteroatoms. The number of nitrogens with zero attached hydrogens (tertiary/aromatic N) is 4. The molecule has 0 aliphatic heterocycles. The largest absolute Gasteiger partial charge is 0.389 e. The Morgan fingerprint density at radius 1 is 1.43 bits per heavy atom. The number of aliphatic hydroxyl groups excluding tert-OH is 1. The summed E-state index contributed by atoms with van der Waals surface area (Å²) in [5.74, 6) is 0. The van der Waals surface area contributed by atoms with E-state index in [9.17, 15) is 5.11 Å². The van der Waals surface area contributed by atoms with Crippen molar-refractivity contribution in [3.8, 4) is 5.69 Å². The van der Waals surface area contributed by atoms with Crippen molar-refractivity contribution < 1.29 is 9.84 Å². The molecule has 0 bridgehead atoms. The predicted octanol–water partition coefficient (Wildman–Crippen LogP) is 1.01. The lowest BCUT2D eigenvalue weighted by molar-refractivity contribution is 0.0419. The first-order valence-electron chi connectivity index (χ1n) is 6.90. The summed E-state index contributed by atoms with van der Waals surface area (Å²) in [6, 6.07) is 6.25. The number of hydrogen-bond acceptors (Lipinski definition) is 5. The summed E-state index contributed by atoms with van der Waals surface area (Å²) >= 11 is 0. The second-order valence-electron chi connectivity index (χ2n) is 5.27. The van der Waals surface area contributed by atoms with E-state index in [0.717, 1.165) is 17.8 Å². The highest BCUT2D eigenvalue weighted by Gasteiger charge is 2.09. The van der Waals surface area contributed by atoms with Crippen LogP contribution in [-0.2, 0) is 11.3 Å². The number of aliphatic hydroxyl groups is 1. The van der Waals surface area contributed by atoms with Crippen LogP contribution >= 0.6 is 0 Å². The van der Waals surface area contributed by atoms with Crippen molar-refractivity contribution in [2.75, 3.05) is 27.3 Å². The molecule has 0 spiro atoms. The molecule has 0 saturated heterocycles. The first kappa shape index (κ1) is 15.6. The Balaban J connectivity index is 2.00. The average Bonchev–Trinajstić information content (AvgIpc) is 2.92. The van der Waals surface area contributed by atoms with Crippen LogP contribution in [-0.4, -0.2) is 58.2 Å². The fourth-order valence-electron chi connectivity index (χ4n) is 2.39. The molecule has 0 aliphatic carbocycles. The van der Waals surface area contributed by atoms with E-state index in [2.05, 4.69) is 34.0 Å². The van der Waals surface area contributed by atoms with Gasteiger partial charge in [-0.15, -0.1) is 0 Å². The van der Waals surface area contributed by atoms with Gasteiger partial charge < -0.3 is 9.84 Å². The SMILES string of the molecule is COCC(O)CN(C)Cc1ccc(-n2cncn2)c(C)c1. The van der Waals surface area contributed by atoms with Crippen LogP contribution in [0.15, 0.2) is 30.9 Å². The van der Waals surface area contributed by atoms with E-state index >= 15 is 0 Å². The van der Waals surface area contributed by atoms with E-state index in [0.29, 0.717) is 13.2 Å². The van der Waals surface area contributed by atoms with Gasteiger partial charge in [-0.05, 0) is 31.2 Å². The normalized spacial score (nSPS) is 12.8. The summed E-state index contributed by atoms with van der Waals surface area (Å²) < 4.78 is 6.69. The van der Waals surface area contributed by atoms with Crippen molar-refractivity contribution in [2.24, 2.45) is 0 Å². The Labute approximate surface area is 125 Å². The van der Waals surface area contributed by atoms with Gasteiger partial charge >= 0.3 is 0 Å². The average molecular weight is 290 g/mol. The van der Waals surface area contributed by atoms with Gasteiger partial charge in [0.1, 0.15) is 12.7 Å². The van der Waals surface area contributed by atoms with Gasteiger partial charge in [0, 0.05) is 20.2 Å². The van der Waals surface area contributed by atoms with Crippen molar-refractivity contribution in [1.29, 1.82) is 0 Å². The Kier molecular flexibility index (Phi) is 5.44. The highest BCUT2D eigenvalue weighted by atomic mass is 16.5. The minimum absolute atomic E-state index is 0.356. The maximum absolute atomic E-state index is 9.74. The second kappa shape index (κ2) is 7.31. The van der Waals surface area contributed by atoms with E-state index in [1.54, 1.807) is 18.1 Å². The van der Waals surface area contributed by atoms with Gasteiger partial charge in [-0.3, -0.25) is 4.90 Å². The Morgan fingerprint density at radius 2 is 2.24 bits per heavy atom. The molecule has 0 saturated carbocycles. The van der Waals surface area contributed by atoms with Gasteiger partial charge in [0.25, 0.3) is 0 Å². The smallest absolute Gasteiger partial charge is 0.138 e. The third-order valence-corrected chi connectivity index (χ3v) is 3.26. The molecule has 1 unspecified atom stereocenters. The molecule has 114 valence electrons. The molecule has 1 heterocycles. The number of aryl methyl sites for hydroxylation is 1. The summed E-state index contributed by atoms with van der Waals surface area (Å²) in [6.45, 7) is 3.77. The van der Waals surface area contributed by atoms with E-state index in [1.807, 2.05) is 13.1 Å². The summed E-state index contributed by atoms with van der Waals surface area (Å²) in [5.41, 5.74) is 3.37. The van der Waals surface area contributed by atoms with Crippen LogP contribution in [0, 0.1) is 6.92 Å². The molecule has 1 aromatic carbocycles. The van der Waals surface area contributed by atoms with Crippen LogP contribution in [0.5, 0.6) is 0 Å². The molecule has 0 fully saturated rings. The molecular weight excluding hydrogens is 268 g/mol. The van der Waals surface area contributed by atoms with Crippen LogP contribution in [0.1, 0.15) is 11.1 Å². The van der Waals surface area contributed by atoms with Crippen LogP contribution < -0.4 is 0 Å². The maximum atomic E-state index is 9.74. The topological polar surface area (TPSA) is 63.4 Å². The Bertz CT molecular complexity index is 557. The molecule has 0 aliphatic rings. The van der Waals surface area contributed by atoms with Crippen LogP contribution in [0.2, 0.25) is 0 Å². The summed E-state index contributed by atoms with van der Waals surface area (Å²) in [5, 5.41) is 13.9. The zero-order valence-corrected chi connectivity index (χ0v) is 12.7. The molecule has 6 nitrogen and oxygen atoms in total. The zero-order chi connectivity index (χ0) is 15.2. The van der Waals surface area contributed by atoms with Gasteiger partial charge in [-0.2, -0.15) is 5.10 Å². The molecule has 2 rings (SSSR count). The number of rotatable bonds is 7. The van der Waals surface area contributed by atoms with Gasteiger partial charge in [0.2, 0.25) is 0 Å². The number of aromatic nitrogens is 3. The van der Waals surface area contributed by atoms with Gasteiger partial charge in [-0.1, -0.05) is 12.1 Å². The van der Waals surface area contributed by atoms with E-state index in [4.69, 9.17) is 4.74 Å². The van der Waals surface area contributed by atoms with Crippen molar-refractivity contribution in [3.63, 3.8) is 0 Å². The number of ether oxygens (including phenoxy) is 1. The van der Waals surface area contributed by atoms with Gasteiger partial charge in [0.05, 0.1) is 18.4 Å². The number of hydrogen-bond donors (Lipinski definition) is 1. The standard InChI is InChI=1S/C15H22N4O2/c1-12-6-13(7-18(2)8-14(20)9-21-3)4-5-15(12)19-11-16-10-17-19/h4-6,10-11,14,20H,7-9H2,1-3H3. The minimum Gasteiger partial charge on any atom is -0.389 e. The molecule has 1 N–H and O–H groups in total. The quantitative estimate of drug-likeness (QED) is 0.824. The first-order chi connectivity index (χ1) is 10.1. The predicted molar refractivity (Wildman–Crippen MR) is 80.3 cm³/mol. The van der Waals surface area contributed by atoms with Crippen molar-refractivity contribution in [2.45, 2.75) is 19.6 Å². The van der Waals surface area contributed by atoms with Crippen LogP contribution in [0.4, 0.5) is 0 Å². The summed E-state index contributed by atoms with van der Waals surface area (Å²) in [4.78, 5) is 6.04. The lowest BCUT2D eigenvalue weighted by atomic mass is 10.1. The molecule has 1 atom stereocenters. The van der Waals surface area contributed by atoms with Crippen LogP contribution in [0.25, 0.3) is 5.69 Å². The number of methoxy groups -OCH3 is 1. The third-order valence-electron chi connectivity index (χ3n) is 3.26. The molecular formula is C15H22N4O2. The van der Waals surface area contributed by atoms with Gasteiger partial charge in [0.15, 0.2) is 0 Å². The second-order valence-corrected chi connectivity index (χ2v) is 5.27. The van der Waals surface area contributed by atoms with Crippen molar-refractivity contribution in [1.82, 2.24) is 19.7 Å². The Hall–Kier alpha value is -1.76. The molecule has 1 aromatic heterocycles. The fourth-order valence-corrected chi connectivity index (χ4v) is 2.39. The van der Waals surface area contributed by atoms with Crippen molar-refractivity contribution >= 4 is 0 Å². The van der Waals surface area contributed by atoms with E-state index in [1.165, 1.54) is 11.9 Å². The van der Waals surface area contributed by atoms with Gasteiger partial charge in [-0.25, -0.2) is 9.67 Å². The van der Waals surface area contributed by atoms with E-state index < -0.39 is 6.10 Å². The lowest BCUT2D eigenvalue weighted by Gasteiger charge is -2.20. The molecule has 2 aromatic rings. The summed E-state index contributed by atoms with van der Waals surface area (Å²) in [7, 11) is 3.58. The highest BCUT2D eigenvalue weighted by Crippen LogP contribution is 2.15. The summed E-state index contributed by atoms with van der Waals surface area (Å²) in [6.07, 6.45) is 2.75. The highest BCUT2D eigenvalue weighted by molar-refractivity contribution is 5.41.